The third kappa shape index (κ3) is 5.49. The van der Waals surface area contributed by atoms with Crippen LogP contribution in [0.25, 0.3) is 0 Å². The zero-order valence-corrected chi connectivity index (χ0v) is 21.6. The summed E-state index contributed by atoms with van der Waals surface area (Å²) >= 11 is 0. The molecule has 0 unspecified atom stereocenters. The van der Waals surface area contributed by atoms with Crippen LogP contribution in [0, 0.1) is 0 Å². The van der Waals surface area contributed by atoms with E-state index in [2.05, 4.69) is 0 Å². The van der Waals surface area contributed by atoms with E-state index in [1.807, 2.05) is 0 Å². The van der Waals surface area contributed by atoms with Crippen LogP contribution in [0.2, 0.25) is 0 Å². The minimum absolute atomic E-state index is 0.0245. The lowest BCUT2D eigenvalue weighted by molar-refractivity contribution is 0.0196. The van der Waals surface area contributed by atoms with Gasteiger partial charge in [0.2, 0.25) is 0 Å². The second-order valence-corrected chi connectivity index (χ2v) is 9.46. The second kappa shape index (κ2) is 10.8. The van der Waals surface area contributed by atoms with Crippen LogP contribution < -0.4 is 14.2 Å². The molecule has 14 heteroatoms. The first-order valence-corrected chi connectivity index (χ1v) is 12.3. The Morgan fingerprint density at radius 1 is 0.651 bits per heavy atom. The summed E-state index contributed by atoms with van der Waals surface area (Å²) in [7, 11) is 0. The molecule has 9 N–H and O–H groups in total. The van der Waals surface area contributed by atoms with Crippen molar-refractivity contribution in [1.29, 1.82) is 0 Å². The number of carbonyl (C=O) groups is 2. The van der Waals surface area contributed by atoms with E-state index < -0.39 is 64.4 Å². The fraction of sp³-hybridized carbons (Fsp3) is 0.103. The van der Waals surface area contributed by atoms with E-state index in [9.17, 15) is 55.5 Å². The number of fused-ring (bicyclic) bond motifs is 1. The van der Waals surface area contributed by atoms with Crippen molar-refractivity contribution in [2.24, 2.45) is 0 Å². The molecule has 0 radical (unpaired) electrons. The maximum Gasteiger partial charge on any atom is 0.343 e. The molecule has 5 rings (SSSR count). The number of aliphatic hydroxyl groups excluding tert-OH is 1. The van der Waals surface area contributed by atoms with Crippen LogP contribution in [0.1, 0.15) is 37.9 Å². The van der Waals surface area contributed by atoms with Crippen molar-refractivity contribution in [1.82, 2.24) is 0 Å². The van der Waals surface area contributed by atoms with Crippen LogP contribution in [-0.2, 0) is 6.42 Å². The van der Waals surface area contributed by atoms with Crippen molar-refractivity contribution in [2.75, 3.05) is 0 Å². The number of carbonyl (C=O) groups excluding carboxylic acids is 2. The molecule has 2 atom stereocenters. The van der Waals surface area contributed by atoms with Gasteiger partial charge in [0, 0.05) is 24.1 Å². The van der Waals surface area contributed by atoms with Crippen molar-refractivity contribution in [3.05, 3.63) is 76.9 Å². The maximum absolute atomic E-state index is 12.5. The summed E-state index contributed by atoms with van der Waals surface area (Å²) in [4.78, 5) is 25.0. The van der Waals surface area contributed by atoms with Gasteiger partial charge in [-0.05, 0) is 42.0 Å². The highest BCUT2D eigenvalue weighted by molar-refractivity contribution is 5.93. The minimum Gasteiger partial charge on any atom is -0.507 e. The molecular formula is C29H22O14. The van der Waals surface area contributed by atoms with Gasteiger partial charge in [0.25, 0.3) is 0 Å². The Morgan fingerprint density at radius 2 is 1.19 bits per heavy atom. The molecule has 1 aliphatic heterocycles. The van der Waals surface area contributed by atoms with E-state index in [4.69, 9.17) is 14.2 Å². The van der Waals surface area contributed by atoms with Crippen LogP contribution in [0.4, 0.5) is 0 Å². The summed E-state index contributed by atoms with van der Waals surface area (Å²) in [5.41, 5.74) is -0.213. The topological polar surface area (TPSA) is 244 Å². The zero-order valence-electron chi connectivity index (χ0n) is 21.6. The second-order valence-electron chi connectivity index (χ2n) is 9.46. The summed E-state index contributed by atoms with van der Waals surface area (Å²) in [6, 6.07) is 9.51. The Kier molecular flexibility index (Phi) is 7.13. The zero-order chi connectivity index (χ0) is 31.2. The van der Waals surface area contributed by atoms with Crippen molar-refractivity contribution in [3.8, 4) is 63.2 Å². The molecule has 0 fully saturated rings. The van der Waals surface area contributed by atoms with Crippen LogP contribution in [0.3, 0.4) is 0 Å². The molecular weight excluding hydrogens is 572 g/mol. The highest BCUT2D eigenvalue weighted by atomic mass is 16.5. The molecule has 43 heavy (non-hydrogen) atoms. The molecule has 222 valence electrons. The molecule has 4 aromatic carbocycles. The Hall–Kier alpha value is -6.02. The standard InChI is InChI=1S/C29H22O14/c30-16-8-14(41-28(39)12-4-18(32)25(37)19(33)5-12)9-24-15(16)10-22(36)27(42-24)11-1-2-23(17(31)3-11)43-29(40)13-6-20(34)26(38)21(35)7-13/h1-9,22,27,30-38H,10H2/t22-,27+/m0/s1. The Balaban J connectivity index is 1.35. The van der Waals surface area contributed by atoms with E-state index >= 15 is 0 Å². The number of phenolic OH excluding ortho intramolecular Hbond substituents is 8. The lowest BCUT2D eigenvalue weighted by atomic mass is 9.94. The van der Waals surface area contributed by atoms with E-state index in [-0.39, 0.29) is 51.7 Å². The molecule has 0 saturated carbocycles. The molecule has 4 aromatic rings. The minimum atomic E-state index is -1.22. The molecule has 1 aliphatic rings. The SMILES string of the molecule is O=C(Oc1cc(O)c2c(c1)O[C@H](c1ccc(OC(=O)c3cc(O)c(O)c(O)c3)c(O)c1)[C@@H](O)C2)c1cc(O)c(O)c(O)c1. The van der Waals surface area contributed by atoms with E-state index in [1.54, 1.807) is 0 Å². The van der Waals surface area contributed by atoms with E-state index in [0.717, 1.165) is 36.4 Å². The molecule has 0 aromatic heterocycles. The summed E-state index contributed by atoms with van der Waals surface area (Å²) < 4.78 is 16.2. The van der Waals surface area contributed by atoms with Gasteiger partial charge in [-0.1, -0.05) is 6.07 Å². The number of ether oxygens (including phenoxy) is 3. The third-order valence-corrected chi connectivity index (χ3v) is 6.51. The fourth-order valence-electron chi connectivity index (χ4n) is 4.36. The highest BCUT2D eigenvalue weighted by Crippen LogP contribution is 2.44. The first kappa shape index (κ1) is 28.5. The summed E-state index contributed by atoms with van der Waals surface area (Å²) in [5.74, 6) is -8.22. The number of phenols is 8. The number of rotatable bonds is 5. The average Bonchev–Trinajstić information content (AvgIpc) is 2.95. The van der Waals surface area contributed by atoms with Crippen molar-refractivity contribution in [2.45, 2.75) is 18.6 Å². The monoisotopic (exact) mass is 594 g/mol. The van der Waals surface area contributed by atoms with Gasteiger partial charge in [-0.25, -0.2) is 9.59 Å². The van der Waals surface area contributed by atoms with Gasteiger partial charge in [-0.15, -0.1) is 0 Å². The average molecular weight is 594 g/mol. The first-order valence-electron chi connectivity index (χ1n) is 12.3. The summed E-state index contributed by atoms with van der Waals surface area (Å²) in [6.45, 7) is 0. The normalized spacial score (nSPS) is 15.7. The highest BCUT2D eigenvalue weighted by Gasteiger charge is 2.33. The molecule has 0 aliphatic carbocycles. The van der Waals surface area contributed by atoms with Gasteiger partial charge in [-0.3, -0.25) is 0 Å². The van der Waals surface area contributed by atoms with Gasteiger partial charge in [0.05, 0.1) is 17.2 Å². The predicted molar refractivity (Wildman–Crippen MR) is 142 cm³/mol. The van der Waals surface area contributed by atoms with Gasteiger partial charge in [-0.2, -0.15) is 0 Å². The smallest absolute Gasteiger partial charge is 0.343 e. The van der Waals surface area contributed by atoms with Crippen molar-refractivity contribution >= 4 is 11.9 Å². The third-order valence-electron chi connectivity index (χ3n) is 6.51. The lowest BCUT2D eigenvalue weighted by Crippen LogP contribution is -2.30. The van der Waals surface area contributed by atoms with Crippen molar-refractivity contribution in [3.63, 3.8) is 0 Å². The number of aromatic hydroxyl groups is 8. The summed E-state index contributed by atoms with van der Waals surface area (Å²) in [6.07, 6.45) is -2.43. The van der Waals surface area contributed by atoms with Gasteiger partial charge < -0.3 is 60.2 Å². The fourth-order valence-corrected chi connectivity index (χ4v) is 4.36. The molecule has 0 bridgehead atoms. The van der Waals surface area contributed by atoms with Crippen LogP contribution >= 0.6 is 0 Å². The van der Waals surface area contributed by atoms with Gasteiger partial charge in [0.1, 0.15) is 23.4 Å². The number of esters is 2. The Labute approximate surface area is 240 Å². The molecule has 0 amide bonds. The van der Waals surface area contributed by atoms with E-state index in [0.29, 0.717) is 0 Å². The van der Waals surface area contributed by atoms with Crippen LogP contribution in [-0.4, -0.2) is 64.0 Å². The van der Waals surface area contributed by atoms with Crippen LogP contribution in [0.15, 0.2) is 54.6 Å². The Bertz CT molecular complexity index is 1730. The van der Waals surface area contributed by atoms with Gasteiger partial charge in [0.15, 0.2) is 46.0 Å². The Morgan fingerprint density at radius 3 is 1.72 bits per heavy atom. The first-order chi connectivity index (χ1) is 20.3. The quantitative estimate of drug-likeness (QED) is 0.0916. The summed E-state index contributed by atoms with van der Waals surface area (Å²) in [5, 5.41) is 89.2. The number of hydrogen-bond acceptors (Lipinski definition) is 14. The molecule has 14 nitrogen and oxygen atoms in total. The van der Waals surface area contributed by atoms with Crippen molar-refractivity contribution < 1.29 is 69.8 Å². The van der Waals surface area contributed by atoms with Gasteiger partial charge >= 0.3 is 11.9 Å². The predicted octanol–water partition coefficient (Wildman–Crippen LogP) is 2.81. The molecule has 1 heterocycles. The number of hydrogen-bond donors (Lipinski definition) is 9. The van der Waals surface area contributed by atoms with E-state index in [1.165, 1.54) is 18.2 Å². The number of aliphatic hydroxyl groups is 1. The maximum atomic E-state index is 12.5. The number of benzene rings is 4. The molecule has 0 saturated heterocycles. The van der Waals surface area contributed by atoms with Crippen LogP contribution in [0.5, 0.6) is 63.2 Å². The largest absolute Gasteiger partial charge is 0.507 e. The lowest BCUT2D eigenvalue weighted by Gasteiger charge is -2.31. The molecule has 0 spiro atoms.